The number of aliphatic hydroxyl groups excluding tert-OH is 1. The second kappa shape index (κ2) is 4.35. The Morgan fingerprint density at radius 1 is 1.29 bits per heavy atom. The molecule has 0 spiro atoms. The molecule has 0 aliphatic rings. The van der Waals surface area contributed by atoms with Gasteiger partial charge in [0.05, 0.1) is 5.69 Å². The highest BCUT2D eigenvalue weighted by Crippen LogP contribution is 2.19. The smallest absolute Gasteiger partial charge is 0.101 e. The number of rotatable bonds is 3. The van der Waals surface area contributed by atoms with E-state index in [2.05, 4.69) is 4.98 Å². The minimum Gasteiger partial charge on any atom is -0.386 e. The zero-order valence-corrected chi connectivity index (χ0v) is 8.45. The van der Waals surface area contributed by atoms with E-state index in [0.717, 1.165) is 5.69 Å². The van der Waals surface area contributed by atoms with Crippen molar-refractivity contribution in [2.24, 2.45) is 0 Å². The van der Waals surface area contributed by atoms with Crippen LogP contribution in [0.15, 0.2) is 41.9 Å². The van der Waals surface area contributed by atoms with Crippen molar-refractivity contribution in [1.82, 2.24) is 4.98 Å². The van der Waals surface area contributed by atoms with Gasteiger partial charge in [-0.2, -0.15) is 0 Å². The molecule has 2 heterocycles. The number of nitrogens with zero attached hydrogens (tertiary/aromatic N) is 1. The van der Waals surface area contributed by atoms with E-state index in [0.29, 0.717) is 6.42 Å². The summed E-state index contributed by atoms with van der Waals surface area (Å²) in [5.74, 6) is 0. The van der Waals surface area contributed by atoms with E-state index in [9.17, 15) is 5.11 Å². The number of aromatic nitrogens is 1. The highest BCUT2D eigenvalue weighted by Gasteiger charge is 2.09. The molecule has 0 amide bonds. The summed E-state index contributed by atoms with van der Waals surface area (Å²) in [6, 6.07) is 9.60. The predicted octanol–water partition coefficient (Wildman–Crippen LogP) is 2.42. The maximum atomic E-state index is 9.84. The van der Waals surface area contributed by atoms with E-state index in [1.54, 1.807) is 17.5 Å². The van der Waals surface area contributed by atoms with E-state index < -0.39 is 6.10 Å². The molecule has 0 aliphatic heterocycles. The van der Waals surface area contributed by atoms with Gasteiger partial charge in [0, 0.05) is 17.5 Å². The monoisotopic (exact) mass is 205 g/mol. The number of hydrogen-bond donors (Lipinski definition) is 1. The van der Waals surface area contributed by atoms with Crippen LogP contribution in [-0.2, 0) is 6.42 Å². The van der Waals surface area contributed by atoms with Gasteiger partial charge < -0.3 is 5.11 Å². The average molecular weight is 205 g/mol. The molecule has 0 aromatic carbocycles. The molecular weight excluding hydrogens is 194 g/mol. The van der Waals surface area contributed by atoms with Gasteiger partial charge in [0.15, 0.2) is 0 Å². The maximum absolute atomic E-state index is 9.84. The van der Waals surface area contributed by atoms with Gasteiger partial charge in [-0.1, -0.05) is 12.1 Å². The molecule has 2 aromatic rings. The SMILES string of the molecule is OC(Cc1cccs1)c1ccccn1. The van der Waals surface area contributed by atoms with E-state index in [1.807, 2.05) is 35.7 Å². The lowest BCUT2D eigenvalue weighted by Gasteiger charge is -2.07. The summed E-state index contributed by atoms with van der Waals surface area (Å²) in [7, 11) is 0. The molecule has 72 valence electrons. The highest BCUT2D eigenvalue weighted by atomic mass is 32.1. The quantitative estimate of drug-likeness (QED) is 0.834. The summed E-state index contributed by atoms with van der Waals surface area (Å²) < 4.78 is 0. The maximum Gasteiger partial charge on any atom is 0.101 e. The fourth-order valence-electron chi connectivity index (χ4n) is 1.30. The number of pyridine rings is 1. The Labute approximate surface area is 86.9 Å². The Kier molecular flexibility index (Phi) is 2.91. The van der Waals surface area contributed by atoms with E-state index >= 15 is 0 Å². The van der Waals surface area contributed by atoms with Crippen LogP contribution in [0.4, 0.5) is 0 Å². The van der Waals surface area contributed by atoms with Gasteiger partial charge in [0.1, 0.15) is 6.10 Å². The third kappa shape index (κ3) is 2.19. The Morgan fingerprint density at radius 3 is 2.86 bits per heavy atom. The molecule has 0 saturated heterocycles. The lowest BCUT2D eigenvalue weighted by molar-refractivity contribution is 0.174. The molecule has 0 fully saturated rings. The van der Waals surface area contributed by atoms with Gasteiger partial charge in [-0.15, -0.1) is 11.3 Å². The minimum atomic E-state index is -0.491. The van der Waals surface area contributed by atoms with Crippen molar-refractivity contribution in [2.75, 3.05) is 0 Å². The van der Waals surface area contributed by atoms with E-state index in [-0.39, 0.29) is 0 Å². The van der Waals surface area contributed by atoms with Crippen LogP contribution in [0.1, 0.15) is 16.7 Å². The molecule has 0 bridgehead atoms. The van der Waals surface area contributed by atoms with Crippen LogP contribution in [-0.4, -0.2) is 10.1 Å². The molecule has 1 N–H and O–H groups in total. The van der Waals surface area contributed by atoms with Crippen molar-refractivity contribution in [3.8, 4) is 0 Å². The average Bonchev–Trinajstić information content (AvgIpc) is 2.72. The molecule has 1 atom stereocenters. The first-order valence-corrected chi connectivity index (χ1v) is 5.35. The molecule has 0 radical (unpaired) electrons. The highest BCUT2D eigenvalue weighted by molar-refractivity contribution is 7.09. The topological polar surface area (TPSA) is 33.1 Å². The zero-order chi connectivity index (χ0) is 9.80. The first-order chi connectivity index (χ1) is 6.86. The van der Waals surface area contributed by atoms with Crippen LogP contribution in [0.25, 0.3) is 0 Å². The third-order valence-electron chi connectivity index (χ3n) is 2.00. The van der Waals surface area contributed by atoms with Crippen LogP contribution < -0.4 is 0 Å². The van der Waals surface area contributed by atoms with Crippen molar-refractivity contribution in [3.63, 3.8) is 0 Å². The molecular formula is C11H11NOS. The molecule has 0 saturated carbocycles. The van der Waals surface area contributed by atoms with E-state index in [1.165, 1.54) is 4.88 Å². The number of thiophene rings is 1. The van der Waals surface area contributed by atoms with Crippen LogP contribution in [0.2, 0.25) is 0 Å². The van der Waals surface area contributed by atoms with Crippen LogP contribution in [0, 0.1) is 0 Å². The van der Waals surface area contributed by atoms with Gasteiger partial charge in [0.25, 0.3) is 0 Å². The number of aliphatic hydroxyl groups is 1. The van der Waals surface area contributed by atoms with Gasteiger partial charge in [0.2, 0.25) is 0 Å². The molecule has 14 heavy (non-hydrogen) atoms. The fraction of sp³-hybridized carbons (Fsp3) is 0.182. The van der Waals surface area contributed by atoms with Crippen molar-refractivity contribution in [1.29, 1.82) is 0 Å². The Balaban J connectivity index is 2.07. The number of hydrogen-bond acceptors (Lipinski definition) is 3. The predicted molar refractivity (Wildman–Crippen MR) is 57.2 cm³/mol. The lowest BCUT2D eigenvalue weighted by atomic mass is 10.1. The third-order valence-corrected chi connectivity index (χ3v) is 2.90. The normalized spacial score (nSPS) is 12.6. The Bertz CT molecular complexity index is 371. The molecule has 2 nitrogen and oxygen atoms in total. The van der Waals surface area contributed by atoms with Gasteiger partial charge >= 0.3 is 0 Å². The van der Waals surface area contributed by atoms with Crippen molar-refractivity contribution in [3.05, 3.63) is 52.5 Å². The van der Waals surface area contributed by atoms with Gasteiger partial charge in [-0.05, 0) is 23.6 Å². The summed E-state index contributed by atoms with van der Waals surface area (Å²) in [6.45, 7) is 0. The van der Waals surface area contributed by atoms with E-state index in [4.69, 9.17) is 0 Å². The van der Waals surface area contributed by atoms with Gasteiger partial charge in [-0.3, -0.25) is 4.98 Å². The summed E-state index contributed by atoms with van der Waals surface area (Å²) in [5.41, 5.74) is 0.737. The van der Waals surface area contributed by atoms with Crippen LogP contribution in [0.3, 0.4) is 0 Å². The standard InChI is InChI=1S/C11H11NOS/c13-11(8-9-4-3-7-14-9)10-5-1-2-6-12-10/h1-7,11,13H,8H2. The summed E-state index contributed by atoms with van der Waals surface area (Å²) in [6.07, 6.45) is 1.86. The fourth-order valence-corrected chi connectivity index (χ4v) is 2.04. The molecule has 2 aromatic heterocycles. The van der Waals surface area contributed by atoms with Crippen molar-refractivity contribution < 1.29 is 5.11 Å². The van der Waals surface area contributed by atoms with Crippen molar-refractivity contribution >= 4 is 11.3 Å². The molecule has 2 rings (SSSR count). The minimum absolute atomic E-state index is 0.491. The summed E-state index contributed by atoms with van der Waals surface area (Å²) >= 11 is 1.66. The molecule has 3 heteroatoms. The summed E-state index contributed by atoms with van der Waals surface area (Å²) in [4.78, 5) is 5.30. The first kappa shape index (κ1) is 9.37. The van der Waals surface area contributed by atoms with Crippen LogP contribution in [0.5, 0.6) is 0 Å². The Hall–Kier alpha value is -1.19. The second-order valence-corrected chi connectivity index (χ2v) is 4.09. The lowest BCUT2D eigenvalue weighted by Crippen LogP contribution is -2.02. The second-order valence-electron chi connectivity index (χ2n) is 3.05. The van der Waals surface area contributed by atoms with Crippen LogP contribution >= 0.6 is 11.3 Å². The first-order valence-electron chi connectivity index (χ1n) is 4.47. The van der Waals surface area contributed by atoms with Gasteiger partial charge in [-0.25, -0.2) is 0 Å². The zero-order valence-electron chi connectivity index (χ0n) is 7.63. The Morgan fingerprint density at radius 2 is 2.21 bits per heavy atom. The molecule has 0 aliphatic carbocycles. The molecule has 1 unspecified atom stereocenters. The summed E-state index contributed by atoms with van der Waals surface area (Å²) in [5, 5.41) is 11.9. The largest absolute Gasteiger partial charge is 0.386 e. The van der Waals surface area contributed by atoms with Crippen molar-refractivity contribution in [2.45, 2.75) is 12.5 Å².